The van der Waals surface area contributed by atoms with Crippen LogP contribution in [0.15, 0.2) is 47.4 Å². The first-order valence-corrected chi connectivity index (χ1v) is 8.35. The van der Waals surface area contributed by atoms with E-state index in [0.717, 1.165) is 6.07 Å². The molecule has 9 heteroatoms. The van der Waals surface area contributed by atoms with Gasteiger partial charge in [0.15, 0.2) is 0 Å². The molecule has 0 radical (unpaired) electrons. The van der Waals surface area contributed by atoms with Crippen LogP contribution in [0.25, 0.3) is 0 Å². The monoisotopic (exact) mass is 369 g/mol. The lowest BCUT2D eigenvalue weighted by molar-refractivity contribution is 0.0600. The van der Waals surface area contributed by atoms with Crippen LogP contribution in [0, 0.1) is 0 Å². The number of hydrogen-bond acceptors (Lipinski definition) is 5. The highest BCUT2D eigenvalue weighted by atomic mass is 35.5. The molecule has 0 aromatic heterocycles. The van der Waals surface area contributed by atoms with Crippen molar-refractivity contribution in [2.75, 3.05) is 11.8 Å². The minimum Gasteiger partial charge on any atom is -0.478 e. The molecule has 0 spiro atoms. The molecule has 0 amide bonds. The van der Waals surface area contributed by atoms with E-state index in [4.69, 9.17) is 16.7 Å². The van der Waals surface area contributed by atoms with Gasteiger partial charge in [-0.3, -0.25) is 4.72 Å². The van der Waals surface area contributed by atoms with Crippen molar-refractivity contribution in [3.8, 4) is 0 Å². The maximum Gasteiger partial charge on any atom is 0.337 e. The van der Waals surface area contributed by atoms with E-state index in [2.05, 4.69) is 9.46 Å². The average molecular weight is 370 g/mol. The summed E-state index contributed by atoms with van der Waals surface area (Å²) < 4.78 is 31.6. The molecule has 0 aliphatic heterocycles. The van der Waals surface area contributed by atoms with Crippen molar-refractivity contribution in [1.29, 1.82) is 0 Å². The van der Waals surface area contributed by atoms with E-state index in [1.165, 1.54) is 43.5 Å². The third-order valence-corrected chi connectivity index (χ3v) is 4.72. The topological polar surface area (TPSA) is 110 Å². The number of anilines is 1. The van der Waals surface area contributed by atoms with Crippen LogP contribution in [0.4, 0.5) is 5.69 Å². The Bertz CT molecular complexity index is 910. The lowest BCUT2D eigenvalue weighted by Crippen LogP contribution is -2.14. The van der Waals surface area contributed by atoms with Crippen molar-refractivity contribution in [3.63, 3.8) is 0 Å². The summed E-state index contributed by atoms with van der Waals surface area (Å²) in [6.45, 7) is 0. The number of carbonyl (C=O) groups excluding carboxylic acids is 1. The van der Waals surface area contributed by atoms with Crippen LogP contribution in [0.2, 0.25) is 5.02 Å². The van der Waals surface area contributed by atoms with Crippen LogP contribution in [-0.4, -0.2) is 32.6 Å². The number of halogens is 1. The van der Waals surface area contributed by atoms with Gasteiger partial charge in [0.05, 0.1) is 33.8 Å². The smallest absolute Gasteiger partial charge is 0.337 e. The van der Waals surface area contributed by atoms with Gasteiger partial charge < -0.3 is 9.84 Å². The van der Waals surface area contributed by atoms with Gasteiger partial charge in [-0.25, -0.2) is 18.0 Å². The van der Waals surface area contributed by atoms with Crippen LogP contribution < -0.4 is 4.72 Å². The first kappa shape index (κ1) is 17.8. The van der Waals surface area contributed by atoms with Gasteiger partial charge >= 0.3 is 11.9 Å². The predicted molar refractivity (Wildman–Crippen MR) is 87.0 cm³/mol. The Morgan fingerprint density at radius 2 is 1.83 bits per heavy atom. The summed E-state index contributed by atoms with van der Waals surface area (Å²) in [6.07, 6.45) is 0. The normalized spacial score (nSPS) is 10.9. The molecule has 0 aliphatic carbocycles. The Morgan fingerprint density at radius 3 is 2.46 bits per heavy atom. The van der Waals surface area contributed by atoms with Gasteiger partial charge in [0.25, 0.3) is 10.0 Å². The van der Waals surface area contributed by atoms with E-state index >= 15 is 0 Å². The molecule has 24 heavy (non-hydrogen) atoms. The largest absolute Gasteiger partial charge is 0.478 e. The van der Waals surface area contributed by atoms with Gasteiger partial charge in [0.1, 0.15) is 0 Å². The molecule has 2 rings (SSSR count). The van der Waals surface area contributed by atoms with Crippen LogP contribution >= 0.6 is 11.6 Å². The lowest BCUT2D eigenvalue weighted by Gasteiger charge is -2.11. The number of nitrogens with one attached hydrogen (secondary N) is 1. The van der Waals surface area contributed by atoms with E-state index in [9.17, 15) is 18.0 Å². The van der Waals surface area contributed by atoms with Gasteiger partial charge in [-0.15, -0.1) is 0 Å². The number of sulfonamides is 1. The first-order valence-electron chi connectivity index (χ1n) is 6.48. The number of aromatic carboxylic acids is 1. The fourth-order valence-electron chi connectivity index (χ4n) is 1.85. The maximum atomic E-state index is 12.4. The highest BCUT2D eigenvalue weighted by Crippen LogP contribution is 2.26. The Labute approximate surface area is 142 Å². The number of carbonyl (C=O) groups is 2. The molecule has 0 saturated heterocycles. The summed E-state index contributed by atoms with van der Waals surface area (Å²) >= 11 is 5.95. The number of carboxylic acid groups (broad SMARTS) is 1. The van der Waals surface area contributed by atoms with Crippen LogP contribution in [0.5, 0.6) is 0 Å². The second kappa shape index (κ2) is 6.90. The van der Waals surface area contributed by atoms with E-state index in [0.29, 0.717) is 0 Å². The minimum absolute atomic E-state index is 0.0275. The summed E-state index contributed by atoms with van der Waals surface area (Å²) in [5, 5.41) is 9.02. The predicted octanol–water partition coefficient (Wildman–Crippen LogP) is 2.63. The van der Waals surface area contributed by atoms with Crippen molar-refractivity contribution in [2.45, 2.75) is 4.90 Å². The Balaban J connectivity index is 2.41. The summed E-state index contributed by atoms with van der Waals surface area (Å²) in [7, 11) is -2.90. The van der Waals surface area contributed by atoms with Gasteiger partial charge in [-0.1, -0.05) is 17.7 Å². The highest BCUT2D eigenvalue weighted by molar-refractivity contribution is 7.92. The Hall–Kier alpha value is -2.58. The molecule has 0 saturated carbocycles. The first-order chi connectivity index (χ1) is 11.2. The van der Waals surface area contributed by atoms with Crippen molar-refractivity contribution in [3.05, 3.63) is 58.6 Å². The molecule has 0 fully saturated rings. The molecule has 0 heterocycles. The van der Waals surface area contributed by atoms with E-state index < -0.39 is 22.0 Å². The molecule has 0 atom stereocenters. The summed E-state index contributed by atoms with van der Waals surface area (Å²) in [5.41, 5.74) is -0.0912. The summed E-state index contributed by atoms with van der Waals surface area (Å²) in [5.74, 6) is -1.90. The average Bonchev–Trinajstić information content (AvgIpc) is 2.56. The van der Waals surface area contributed by atoms with Crippen molar-refractivity contribution in [1.82, 2.24) is 0 Å². The standard InChI is InChI=1S/C15H12ClNO6S/c1-23-15(20)10-5-6-12(16)13(8-10)17-24(21,22)11-4-2-3-9(7-11)14(18)19/h2-8,17H,1H3,(H,18,19). The fraction of sp³-hybridized carbons (Fsp3) is 0.0667. The van der Waals surface area contributed by atoms with Crippen LogP contribution in [0.3, 0.4) is 0 Å². The SMILES string of the molecule is COC(=O)c1ccc(Cl)c(NS(=O)(=O)c2cccc(C(=O)O)c2)c1. The number of benzene rings is 2. The molecule has 7 nitrogen and oxygen atoms in total. The number of rotatable bonds is 5. The molecule has 2 aromatic carbocycles. The quantitative estimate of drug-likeness (QED) is 0.784. The van der Waals surface area contributed by atoms with E-state index in [1.54, 1.807) is 0 Å². The Kier molecular flexibility index (Phi) is 5.10. The van der Waals surface area contributed by atoms with E-state index in [1.807, 2.05) is 0 Å². The van der Waals surface area contributed by atoms with Crippen molar-refractivity contribution in [2.24, 2.45) is 0 Å². The number of esters is 1. The number of ether oxygens (including phenoxy) is 1. The zero-order chi connectivity index (χ0) is 17.9. The van der Waals surface area contributed by atoms with Gasteiger partial charge in [-0.05, 0) is 36.4 Å². The summed E-state index contributed by atoms with van der Waals surface area (Å²) in [4.78, 5) is 22.2. The molecular weight excluding hydrogens is 358 g/mol. The third-order valence-electron chi connectivity index (χ3n) is 3.02. The maximum absolute atomic E-state index is 12.4. The zero-order valence-electron chi connectivity index (χ0n) is 12.3. The number of hydrogen-bond donors (Lipinski definition) is 2. The summed E-state index contributed by atoms with van der Waals surface area (Å²) in [6, 6.07) is 8.80. The van der Waals surface area contributed by atoms with Crippen molar-refractivity contribution < 1.29 is 27.9 Å². The zero-order valence-corrected chi connectivity index (χ0v) is 13.9. The van der Waals surface area contributed by atoms with Gasteiger partial charge in [0, 0.05) is 0 Å². The van der Waals surface area contributed by atoms with Gasteiger partial charge in [0.2, 0.25) is 0 Å². The second-order valence-corrected chi connectivity index (χ2v) is 6.71. The van der Waals surface area contributed by atoms with Crippen molar-refractivity contribution >= 4 is 39.3 Å². The molecule has 0 bridgehead atoms. The molecule has 0 aliphatic rings. The minimum atomic E-state index is -4.09. The molecule has 0 unspecified atom stereocenters. The fourth-order valence-corrected chi connectivity index (χ4v) is 3.19. The third kappa shape index (κ3) is 3.84. The highest BCUT2D eigenvalue weighted by Gasteiger charge is 2.19. The second-order valence-electron chi connectivity index (χ2n) is 4.62. The van der Waals surface area contributed by atoms with Gasteiger partial charge in [-0.2, -0.15) is 0 Å². The molecule has 126 valence electrons. The lowest BCUT2D eigenvalue weighted by atomic mass is 10.2. The van der Waals surface area contributed by atoms with Crippen LogP contribution in [0.1, 0.15) is 20.7 Å². The van der Waals surface area contributed by atoms with Crippen LogP contribution in [-0.2, 0) is 14.8 Å². The number of methoxy groups -OCH3 is 1. The number of carboxylic acids is 1. The van der Waals surface area contributed by atoms with E-state index in [-0.39, 0.29) is 26.7 Å². The molecular formula is C15H12ClNO6S. The molecule has 2 N–H and O–H groups in total. The molecule has 2 aromatic rings. The Morgan fingerprint density at radius 1 is 1.12 bits per heavy atom.